The molecule has 0 amide bonds. The zero-order valence-electron chi connectivity index (χ0n) is 11.0. The normalized spacial score (nSPS) is 10.2. The van der Waals surface area contributed by atoms with E-state index >= 15 is 0 Å². The molecule has 2 rings (SSSR count). The molecule has 2 N–H and O–H groups in total. The Balaban J connectivity index is 2.08. The second-order valence-corrected chi connectivity index (χ2v) is 4.52. The smallest absolute Gasteiger partial charge is 0.423 e. The summed E-state index contributed by atoms with van der Waals surface area (Å²) in [6, 6.07) is 11.8. The molecule has 106 valence electrons. The van der Waals surface area contributed by atoms with Crippen molar-refractivity contribution in [3.63, 3.8) is 0 Å². The van der Waals surface area contributed by atoms with Gasteiger partial charge in [0, 0.05) is 24.1 Å². The maximum atomic E-state index is 12.1. The highest BCUT2D eigenvalue weighted by Gasteiger charge is 2.13. The molecule has 0 spiro atoms. The first-order valence-electron chi connectivity index (χ1n) is 6.20. The van der Waals surface area contributed by atoms with Gasteiger partial charge in [0.1, 0.15) is 0 Å². The number of nitro groups is 1. The van der Waals surface area contributed by atoms with Crippen molar-refractivity contribution >= 4 is 24.1 Å². The number of carbonyl (C=O) groups excluding carboxylic acids is 1. The molecule has 2 aromatic carbocycles. The van der Waals surface area contributed by atoms with Gasteiger partial charge in [0.25, 0.3) is 5.69 Å². The highest BCUT2D eigenvalue weighted by molar-refractivity contribution is 6.58. The first-order chi connectivity index (χ1) is 9.97. The molecule has 0 atom stereocenters. The number of benzene rings is 2. The molecule has 0 saturated heterocycles. The molecule has 0 aromatic heterocycles. The topological polar surface area (TPSA) is 101 Å². The van der Waals surface area contributed by atoms with Crippen LogP contribution >= 0.6 is 0 Å². The molecule has 0 aliphatic rings. The summed E-state index contributed by atoms with van der Waals surface area (Å²) in [5.41, 5.74) is 1.41. The van der Waals surface area contributed by atoms with Crippen molar-refractivity contribution in [3.05, 3.63) is 69.8 Å². The lowest BCUT2D eigenvalue weighted by molar-refractivity contribution is -0.384. The number of hydrogen-bond donors (Lipinski definition) is 2. The van der Waals surface area contributed by atoms with E-state index in [0.717, 1.165) is 0 Å². The number of Topliss-reactive ketones (excluding diaryl/α,β-unsaturated/α-hetero) is 1. The maximum absolute atomic E-state index is 12.1. The highest BCUT2D eigenvalue weighted by Crippen LogP contribution is 2.13. The van der Waals surface area contributed by atoms with E-state index in [1.54, 1.807) is 12.1 Å². The van der Waals surface area contributed by atoms with Crippen LogP contribution in [-0.4, -0.2) is 27.9 Å². The molecule has 2 aromatic rings. The lowest BCUT2D eigenvalue weighted by Gasteiger charge is -2.03. The zero-order chi connectivity index (χ0) is 15.4. The Morgan fingerprint density at radius 1 is 1.05 bits per heavy atom. The number of nitro benzene ring substituents is 1. The van der Waals surface area contributed by atoms with E-state index < -0.39 is 12.0 Å². The van der Waals surface area contributed by atoms with E-state index in [0.29, 0.717) is 16.6 Å². The molecule has 0 aliphatic heterocycles. The summed E-state index contributed by atoms with van der Waals surface area (Å²) in [6.07, 6.45) is 0.124. The molecule has 0 bridgehead atoms. The molecule has 7 heteroatoms. The van der Waals surface area contributed by atoms with Gasteiger partial charge in [0.2, 0.25) is 0 Å². The molecule has 21 heavy (non-hydrogen) atoms. The van der Waals surface area contributed by atoms with Crippen LogP contribution in [-0.2, 0) is 6.42 Å². The Hall–Kier alpha value is -2.51. The Labute approximate surface area is 121 Å². The maximum Gasteiger partial charge on any atom is 0.488 e. The van der Waals surface area contributed by atoms with E-state index in [-0.39, 0.29) is 17.9 Å². The van der Waals surface area contributed by atoms with Crippen LogP contribution in [0.5, 0.6) is 0 Å². The fourth-order valence-corrected chi connectivity index (χ4v) is 1.86. The Bertz CT molecular complexity index is 652. The lowest BCUT2D eigenvalue weighted by atomic mass is 9.80. The van der Waals surface area contributed by atoms with Gasteiger partial charge in [0.15, 0.2) is 5.78 Å². The van der Waals surface area contributed by atoms with Crippen molar-refractivity contribution in [1.82, 2.24) is 0 Å². The Morgan fingerprint density at radius 3 is 2.10 bits per heavy atom. The van der Waals surface area contributed by atoms with Crippen LogP contribution in [0.25, 0.3) is 0 Å². The van der Waals surface area contributed by atoms with Gasteiger partial charge in [0.05, 0.1) is 4.92 Å². The lowest BCUT2D eigenvalue weighted by Crippen LogP contribution is -2.29. The van der Waals surface area contributed by atoms with Crippen molar-refractivity contribution in [1.29, 1.82) is 0 Å². The summed E-state index contributed by atoms with van der Waals surface area (Å²) in [5.74, 6) is -0.150. The summed E-state index contributed by atoms with van der Waals surface area (Å²) in [4.78, 5) is 22.1. The third-order valence-corrected chi connectivity index (χ3v) is 3.04. The van der Waals surface area contributed by atoms with Gasteiger partial charge < -0.3 is 10.0 Å². The van der Waals surface area contributed by atoms with Crippen molar-refractivity contribution in [2.24, 2.45) is 0 Å². The number of non-ortho nitro benzene ring substituents is 1. The molecule has 0 radical (unpaired) electrons. The monoisotopic (exact) mass is 285 g/mol. The quantitative estimate of drug-likeness (QED) is 0.364. The van der Waals surface area contributed by atoms with Crippen molar-refractivity contribution in [2.45, 2.75) is 6.42 Å². The summed E-state index contributed by atoms with van der Waals surface area (Å²) < 4.78 is 0. The highest BCUT2D eigenvalue weighted by atomic mass is 16.6. The van der Waals surface area contributed by atoms with Crippen LogP contribution in [0.15, 0.2) is 48.5 Å². The van der Waals surface area contributed by atoms with Crippen molar-refractivity contribution in [2.75, 3.05) is 0 Å². The van der Waals surface area contributed by atoms with E-state index in [9.17, 15) is 14.9 Å². The van der Waals surface area contributed by atoms with Crippen LogP contribution in [0.4, 0.5) is 5.69 Å². The molecule has 0 aliphatic carbocycles. The molecule has 6 nitrogen and oxygen atoms in total. The van der Waals surface area contributed by atoms with Crippen LogP contribution in [0.2, 0.25) is 0 Å². The summed E-state index contributed by atoms with van der Waals surface area (Å²) in [7, 11) is -1.57. The summed E-state index contributed by atoms with van der Waals surface area (Å²) in [6.45, 7) is 0. The molecule has 0 unspecified atom stereocenters. The third-order valence-electron chi connectivity index (χ3n) is 3.04. The minimum atomic E-state index is -1.57. The van der Waals surface area contributed by atoms with Gasteiger partial charge in [-0.25, -0.2) is 0 Å². The number of hydrogen-bond acceptors (Lipinski definition) is 5. The molecule has 0 fully saturated rings. The number of rotatable bonds is 5. The number of nitrogens with zero attached hydrogens (tertiary/aromatic N) is 1. The van der Waals surface area contributed by atoms with Crippen molar-refractivity contribution < 1.29 is 19.8 Å². The largest absolute Gasteiger partial charge is 0.488 e. The van der Waals surface area contributed by atoms with E-state index in [2.05, 4.69) is 0 Å². The Kier molecular flexibility index (Phi) is 4.47. The second kappa shape index (κ2) is 6.30. The Morgan fingerprint density at radius 2 is 1.62 bits per heavy atom. The number of carbonyl (C=O) groups is 1. The molecular weight excluding hydrogens is 273 g/mol. The van der Waals surface area contributed by atoms with Gasteiger partial charge in [-0.15, -0.1) is 0 Å². The standard InChI is InChI=1S/C14H12BNO5/c17-14(11-3-5-12(6-4-11)15(18)19)9-10-1-7-13(8-2-10)16(20)21/h1-8,18-19H,9H2. The van der Waals surface area contributed by atoms with Gasteiger partial charge >= 0.3 is 7.12 Å². The minimum Gasteiger partial charge on any atom is -0.423 e. The van der Waals surface area contributed by atoms with E-state index in [1.165, 1.54) is 36.4 Å². The average molecular weight is 285 g/mol. The molecule has 0 heterocycles. The van der Waals surface area contributed by atoms with Gasteiger partial charge in [-0.1, -0.05) is 36.4 Å². The average Bonchev–Trinajstić information content (AvgIpc) is 2.47. The zero-order valence-corrected chi connectivity index (χ0v) is 11.0. The number of ketones is 1. The summed E-state index contributed by atoms with van der Waals surface area (Å²) in [5, 5.41) is 28.5. The van der Waals surface area contributed by atoms with E-state index in [1.807, 2.05) is 0 Å². The van der Waals surface area contributed by atoms with Gasteiger partial charge in [-0.05, 0) is 11.0 Å². The van der Waals surface area contributed by atoms with Crippen LogP contribution in [0.1, 0.15) is 15.9 Å². The minimum absolute atomic E-state index is 0.0208. The van der Waals surface area contributed by atoms with E-state index in [4.69, 9.17) is 10.0 Å². The SMILES string of the molecule is O=C(Cc1ccc([N+](=O)[O-])cc1)c1ccc(B(O)O)cc1. The van der Waals surface area contributed by atoms with Crippen LogP contribution in [0.3, 0.4) is 0 Å². The first kappa shape index (κ1) is 14.9. The molecular formula is C14H12BNO5. The predicted molar refractivity (Wildman–Crippen MR) is 77.4 cm³/mol. The second-order valence-electron chi connectivity index (χ2n) is 4.52. The van der Waals surface area contributed by atoms with Crippen LogP contribution < -0.4 is 5.46 Å². The fraction of sp³-hybridized carbons (Fsp3) is 0.0714. The van der Waals surface area contributed by atoms with Crippen LogP contribution in [0, 0.1) is 10.1 Å². The summed E-state index contributed by atoms with van der Waals surface area (Å²) >= 11 is 0. The molecule has 0 saturated carbocycles. The van der Waals surface area contributed by atoms with Gasteiger partial charge in [-0.2, -0.15) is 0 Å². The first-order valence-corrected chi connectivity index (χ1v) is 6.20. The van der Waals surface area contributed by atoms with Crippen molar-refractivity contribution in [3.8, 4) is 0 Å². The third kappa shape index (κ3) is 3.74. The predicted octanol–water partition coefficient (Wildman–Crippen LogP) is 0.700. The van der Waals surface area contributed by atoms with Gasteiger partial charge in [-0.3, -0.25) is 14.9 Å². The fourth-order valence-electron chi connectivity index (χ4n) is 1.86.